The SMILES string of the molecule is COc1cccc(COC(=O)c2ccc(-n3nc(C)cc3C)cc2)c1. The molecule has 0 spiro atoms. The third-order valence-corrected chi connectivity index (χ3v) is 3.86. The zero-order chi connectivity index (χ0) is 17.8. The van der Waals surface area contributed by atoms with E-state index in [1.807, 2.05) is 61.0 Å². The first-order chi connectivity index (χ1) is 12.1. The van der Waals surface area contributed by atoms with Crippen molar-refractivity contribution < 1.29 is 14.3 Å². The van der Waals surface area contributed by atoms with Crippen molar-refractivity contribution in [2.75, 3.05) is 7.11 Å². The Labute approximate surface area is 146 Å². The molecule has 0 amide bonds. The van der Waals surface area contributed by atoms with E-state index in [9.17, 15) is 4.79 Å². The fourth-order valence-electron chi connectivity index (χ4n) is 2.62. The van der Waals surface area contributed by atoms with Crippen LogP contribution in [0.5, 0.6) is 5.75 Å². The Morgan fingerprint density at radius 3 is 2.48 bits per heavy atom. The highest BCUT2D eigenvalue weighted by Gasteiger charge is 2.09. The molecular formula is C20H20N2O3. The average Bonchev–Trinajstić information content (AvgIpc) is 2.98. The maximum Gasteiger partial charge on any atom is 0.338 e. The molecule has 3 aromatic rings. The molecule has 128 valence electrons. The smallest absolute Gasteiger partial charge is 0.338 e. The molecule has 0 aliphatic rings. The van der Waals surface area contributed by atoms with Gasteiger partial charge in [0.2, 0.25) is 0 Å². The molecule has 25 heavy (non-hydrogen) atoms. The van der Waals surface area contributed by atoms with Crippen molar-refractivity contribution in [2.45, 2.75) is 20.5 Å². The molecule has 3 rings (SSSR count). The predicted molar refractivity (Wildman–Crippen MR) is 95.2 cm³/mol. The lowest BCUT2D eigenvalue weighted by molar-refractivity contribution is 0.0472. The van der Waals surface area contributed by atoms with E-state index in [4.69, 9.17) is 9.47 Å². The van der Waals surface area contributed by atoms with Gasteiger partial charge in [-0.2, -0.15) is 5.10 Å². The van der Waals surface area contributed by atoms with Gasteiger partial charge in [0, 0.05) is 5.69 Å². The molecule has 0 aliphatic carbocycles. The molecule has 0 N–H and O–H groups in total. The largest absolute Gasteiger partial charge is 0.497 e. The molecule has 0 fully saturated rings. The summed E-state index contributed by atoms with van der Waals surface area (Å²) in [6.45, 7) is 4.15. The second kappa shape index (κ2) is 7.21. The number of aryl methyl sites for hydroxylation is 2. The molecular weight excluding hydrogens is 316 g/mol. The number of rotatable bonds is 5. The topological polar surface area (TPSA) is 53.4 Å². The molecule has 5 nitrogen and oxygen atoms in total. The summed E-state index contributed by atoms with van der Waals surface area (Å²) < 4.78 is 12.4. The number of benzene rings is 2. The minimum Gasteiger partial charge on any atom is -0.497 e. The number of aromatic nitrogens is 2. The van der Waals surface area contributed by atoms with E-state index in [0.29, 0.717) is 5.56 Å². The van der Waals surface area contributed by atoms with Crippen molar-refractivity contribution >= 4 is 5.97 Å². The van der Waals surface area contributed by atoms with Gasteiger partial charge >= 0.3 is 5.97 Å². The van der Waals surface area contributed by atoms with Crippen molar-refractivity contribution in [3.8, 4) is 11.4 Å². The fraction of sp³-hybridized carbons (Fsp3) is 0.200. The van der Waals surface area contributed by atoms with Crippen LogP contribution >= 0.6 is 0 Å². The standard InChI is InChI=1S/C20H20N2O3/c1-14-11-15(2)22(21-14)18-9-7-17(8-10-18)20(23)25-13-16-5-4-6-19(12-16)24-3/h4-12H,13H2,1-3H3. The number of methoxy groups -OCH3 is 1. The van der Waals surface area contributed by atoms with Gasteiger partial charge in [-0.3, -0.25) is 0 Å². The van der Waals surface area contributed by atoms with Gasteiger partial charge in [-0.1, -0.05) is 12.1 Å². The molecule has 0 saturated carbocycles. The Morgan fingerprint density at radius 2 is 1.84 bits per heavy atom. The number of ether oxygens (including phenoxy) is 2. The summed E-state index contributed by atoms with van der Waals surface area (Å²) in [4.78, 5) is 12.2. The van der Waals surface area contributed by atoms with Crippen LogP contribution in [0.1, 0.15) is 27.3 Å². The van der Waals surface area contributed by atoms with Crippen LogP contribution < -0.4 is 4.74 Å². The van der Waals surface area contributed by atoms with Crippen molar-refractivity contribution in [1.82, 2.24) is 9.78 Å². The van der Waals surface area contributed by atoms with Crippen molar-refractivity contribution in [1.29, 1.82) is 0 Å². The van der Waals surface area contributed by atoms with Gasteiger partial charge in [0.1, 0.15) is 12.4 Å². The second-order valence-corrected chi connectivity index (χ2v) is 5.81. The molecule has 0 saturated heterocycles. The Morgan fingerprint density at radius 1 is 1.08 bits per heavy atom. The molecule has 1 heterocycles. The highest BCUT2D eigenvalue weighted by Crippen LogP contribution is 2.16. The van der Waals surface area contributed by atoms with E-state index >= 15 is 0 Å². The second-order valence-electron chi connectivity index (χ2n) is 5.81. The van der Waals surface area contributed by atoms with Gasteiger partial charge < -0.3 is 9.47 Å². The molecule has 0 aliphatic heterocycles. The summed E-state index contributed by atoms with van der Waals surface area (Å²) in [7, 11) is 1.61. The lowest BCUT2D eigenvalue weighted by atomic mass is 10.2. The van der Waals surface area contributed by atoms with Crippen molar-refractivity contribution in [2.24, 2.45) is 0 Å². The van der Waals surface area contributed by atoms with Crippen LogP contribution in [0.3, 0.4) is 0 Å². The van der Waals surface area contributed by atoms with E-state index in [0.717, 1.165) is 28.4 Å². The van der Waals surface area contributed by atoms with Crippen LogP contribution in [-0.4, -0.2) is 22.9 Å². The first-order valence-corrected chi connectivity index (χ1v) is 8.00. The van der Waals surface area contributed by atoms with E-state index < -0.39 is 0 Å². The molecule has 2 aromatic carbocycles. The lowest BCUT2D eigenvalue weighted by Gasteiger charge is -2.08. The number of carbonyl (C=O) groups excluding carboxylic acids is 1. The molecule has 0 unspecified atom stereocenters. The number of nitrogens with zero attached hydrogens (tertiary/aromatic N) is 2. The minimum atomic E-state index is -0.359. The summed E-state index contributed by atoms with van der Waals surface area (Å²) in [5.41, 5.74) is 4.31. The highest BCUT2D eigenvalue weighted by molar-refractivity contribution is 5.89. The Kier molecular flexibility index (Phi) is 4.84. The molecule has 1 aromatic heterocycles. The van der Waals surface area contributed by atoms with Crippen LogP contribution in [-0.2, 0) is 11.3 Å². The molecule has 0 radical (unpaired) electrons. The molecule has 0 atom stereocenters. The fourth-order valence-corrected chi connectivity index (χ4v) is 2.62. The van der Waals surface area contributed by atoms with Crippen LogP contribution in [0.25, 0.3) is 5.69 Å². The maximum atomic E-state index is 12.2. The van der Waals surface area contributed by atoms with Crippen molar-refractivity contribution in [3.63, 3.8) is 0 Å². The van der Waals surface area contributed by atoms with Gasteiger partial charge in [0.05, 0.1) is 24.1 Å². The van der Waals surface area contributed by atoms with E-state index in [-0.39, 0.29) is 12.6 Å². The van der Waals surface area contributed by atoms with Crippen molar-refractivity contribution in [3.05, 3.63) is 77.1 Å². The normalized spacial score (nSPS) is 10.5. The quantitative estimate of drug-likeness (QED) is 0.664. The monoisotopic (exact) mass is 336 g/mol. The summed E-state index contributed by atoms with van der Waals surface area (Å²) in [6, 6.07) is 16.7. The summed E-state index contributed by atoms with van der Waals surface area (Å²) >= 11 is 0. The maximum absolute atomic E-state index is 12.2. The van der Waals surface area contributed by atoms with E-state index in [1.54, 1.807) is 19.2 Å². The van der Waals surface area contributed by atoms with Gasteiger partial charge in [-0.15, -0.1) is 0 Å². The van der Waals surface area contributed by atoms with Crippen LogP contribution in [0.4, 0.5) is 0 Å². The molecule has 5 heteroatoms. The Bertz CT molecular complexity index is 882. The lowest BCUT2D eigenvalue weighted by Crippen LogP contribution is -2.06. The third-order valence-electron chi connectivity index (χ3n) is 3.86. The predicted octanol–water partition coefficient (Wildman–Crippen LogP) is 3.85. The zero-order valence-electron chi connectivity index (χ0n) is 14.5. The van der Waals surface area contributed by atoms with Crippen LogP contribution in [0, 0.1) is 13.8 Å². The van der Waals surface area contributed by atoms with E-state index in [2.05, 4.69) is 5.10 Å². The number of hydrogen-bond acceptors (Lipinski definition) is 4. The third kappa shape index (κ3) is 3.88. The van der Waals surface area contributed by atoms with Gasteiger partial charge in [-0.05, 0) is 61.9 Å². The van der Waals surface area contributed by atoms with Gasteiger partial charge in [-0.25, -0.2) is 9.48 Å². The highest BCUT2D eigenvalue weighted by atomic mass is 16.5. The number of hydrogen-bond donors (Lipinski definition) is 0. The summed E-state index contributed by atoms with van der Waals surface area (Å²) in [5, 5.41) is 4.44. The van der Waals surface area contributed by atoms with Gasteiger partial charge in [0.15, 0.2) is 0 Å². The Hall–Kier alpha value is -3.08. The van der Waals surface area contributed by atoms with E-state index in [1.165, 1.54) is 0 Å². The summed E-state index contributed by atoms with van der Waals surface area (Å²) in [6.07, 6.45) is 0. The van der Waals surface area contributed by atoms with Crippen LogP contribution in [0.15, 0.2) is 54.6 Å². The first-order valence-electron chi connectivity index (χ1n) is 8.00. The molecule has 0 bridgehead atoms. The Balaban J connectivity index is 1.67. The van der Waals surface area contributed by atoms with Crippen LogP contribution in [0.2, 0.25) is 0 Å². The number of esters is 1. The number of carbonyl (C=O) groups is 1. The minimum absolute atomic E-state index is 0.204. The average molecular weight is 336 g/mol. The van der Waals surface area contributed by atoms with Gasteiger partial charge in [0.25, 0.3) is 0 Å². The zero-order valence-corrected chi connectivity index (χ0v) is 14.5. The first kappa shape index (κ1) is 16.8. The summed E-state index contributed by atoms with van der Waals surface area (Å²) in [5.74, 6) is 0.380.